The van der Waals surface area contributed by atoms with Gasteiger partial charge in [-0.3, -0.25) is 14.5 Å². The quantitative estimate of drug-likeness (QED) is 0.535. The van der Waals surface area contributed by atoms with Crippen molar-refractivity contribution in [2.24, 2.45) is 11.1 Å². The van der Waals surface area contributed by atoms with E-state index >= 15 is 4.39 Å². The Bertz CT molecular complexity index is 1410. The number of anilines is 2. The number of Topliss-reactive ketones (excluding diaryl/α,β-unsaturated/α-hetero) is 1. The van der Waals surface area contributed by atoms with Crippen LogP contribution in [0.25, 0.3) is 0 Å². The molecule has 1 aliphatic carbocycles. The topological polar surface area (TPSA) is 102 Å². The van der Waals surface area contributed by atoms with E-state index in [9.17, 15) is 14.4 Å². The van der Waals surface area contributed by atoms with Crippen LogP contribution in [-0.2, 0) is 24.5 Å². The number of carbonyl (C=O) groups is 3. The molecule has 0 radical (unpaired) electrons. The predicted octanol–water partition coefficient (Wildman–Crippen LogP) is 4.67. The molecular weight excluding hydrogens is 529 g/mol. The van der Waals surface area contributed by atoms with Gasteiger partial charge in [-0.2, -0.15) is 0 Å². The second-order valence-corrected chi connectivity index (χ2v) is 10.8. The van der Waals surface area contributed by atoms with Crippen LogP contribution in [0.2, 0.25) is 0 Å². The van der Waals surface area contributed by atoms with Gasteiger partial charge in [-0.15, -0.1) is 0 Å². The lowest BCUT2D eigenvalue weighted by molar-refractivity contribution is -0.140. The fourth-order valence-corrected chi connectivity index (χ4v) is 5.96. The molecule has 2 aromatic carbocycles. The number of hydrogen-bond acceptors (Lipinski definition) is 6. The molecule has 1 atom stereocenters. The molecule has 0 saturated heterocycles. The van der Waals surface area contributed by atoms with Crippen molar-refractivity contribution >= 4 is 45.0 Å². The molecule has 3 aliphatic rings. The summed E-state index contributed by atoms with van der Waals surface area (Å²) in [5, 5.41) is 2.83. The molecule has 2 heterocycles. The zero-order chi connectivity index (χ0) is 26.0. The number of para-hydroxylation sites is 1. The number of halogens is 2. The first-order valence-corrected chi connectivity index (χ1v) is 12.4. The van der Waals surface area contributed by atoms with E-state index in [1.54, 1.807) is 37.3 Å². The van der Waals surface area contributed by atoms with E-state index in [0.717, 1.165) is 0 Å². The van der Waals surface area contributed by atoms with Crippen LogP contribution >= 0.6 is 15.9 Å². The lowest BCUT2D eigenvalue weighted by atomic mass is 9.60. The largest absolute Gasteiger partial charge is 0.462 e. The maximum absolute atomic E-state index is 15.4. The first kappa shape index (κ1) is 24.2. The number of amides is 1. The Morgan fingerprint density at radius 3 is 2.61 bits per heavy atom. The van der Waals surface area contributed by atoms with Gasteiger partial charge in [-0.05, 0) is 43.0 Å². The molecule has 1 spiro atoms. The van der Waals surface area contributed by atoms with Gasteiger partial charge in [-0.25, -0.2) is 9.18 Å². The van der Waals surface area contributed by atoms with Crippen LogP contribution in [0, 0.1) is 11.2 Å². The number of nitrogens with two attached hydrogens (primary N) is 1. The van der Waals surface area contributed by atoms with Crippen molar-refractivity contribution in [3.8, 4) is 0 Å². The molecule has 1 amide bonds. The minimum Gasteiger partial charge on any atom is -0.462 e. The molecule has 0 saturated carbocycles. The van der Waals surface area contributed by atoms with Gasteiger partial charge < -0.3 is 15.8 Å². The second kappa shape index (κ2) is 8.30. The van der Waals surface area contributed by atoms with Gasteiger partial charge >= 0.3 is 5.97 Å². The third kappa shape index (κ3) is 3.32. The van der Waals surface area contributed by atoms with Crippen molar-refractivity contribution < 1.29 is 23.5 Å². The molecule has 36 heavy (non-hydrogen) atoms. The number of nitrogens with zero attached hydrogens (tertiary/aromatic N) is 1. The Morgan fingerprint density at radius 1 is 1.19 bits per heavy atom. The molecule has 186 valence electrons. The van der Waals surface area contributed by atoms with E-state index in [4.69, 9.17) is 10.5 Å². The van der Waals surface area contributed by atoms with Crippen molar-refractivity contribution in [2.45, 2.75) is 39.0 Å². The highest BCUT2D eigenvalue weighted by atomic mass is 79.9. The van der Waals surface area contributed by atoms with E-state index < -0.39 is 28.5 Å². The van der Waals surface area contributed by atoms with Gasteiger partial charge in [0.2, 0.25) is 5.91 Å². The Labute approximate surface area is 216 Å². The minimum absolute atomic E-state index is 0.0223. The lowest BCUT2D eigenvalue weighted by Gasteiger charge is -2.47. The summed E-state index contributed by atoms with van der Waals surface area (Å²) < 4.78 is 21.3. The van der Waals surface area contributed by atoms with E-state index in [-0.39, 0.29) is 41.5 Å². The van der Waals surface area contributed by atoms with Crippen LogP contribution in [0.3, 0.4) is 0 Å². The van der Waals surface area contributed by atoms with Gasteiger partial charge in [0.1, 0.15) is 22.6 Å². The number of carbonyl (C=O) groups excluding carboxylic acids is 3. The van der Waals surface area contributed by atoms with Crippen LogP contribution in [0.15, 0.2) is 69.6 Å². The molecule has 2 aliphatic heterocycles. The first-order valence-electron chi connectivity index (χ1n) is 11.6. The predicted molar refractivity (Wildman–Crippen MR) is 136 cm³/mol. The number of fused-ring (bicyclic) bond motifs is 3. The van der Waals surface area contributed by atoms with Gasteiger partial charge in [0, 0.05) is 33.4 Å². The smallest absolute Gasteiger partial charge is 0.339 e. The average molecular weight is 554 g/mol. The number of rotatable bonds is 3. The van der Waals surface area contributed by atoms with E-state index in [0.29, 0.717) is 27.8 Å². The Kier molecular flexibility index (Phi) is 5.59. The number of benzene rings is 2. The third-order valence-corrected chi connectivity index (χ3v) is 7.41. The van der Waals surface area contributed by atoms with E-state index in [2.05, 4.69) is 21.2 Å². The number of ketones is 1. The summed E-state index contributed by atoms with van der Waals surface area (Å²) in [7, 11) is 0. The summed E-state index contributed by atoms with van der Waals surface area (Å²) in [6.07, 6.45) is 0.479. The highest BCUT2D eigenvalue weighted by Crippen LogP contribution is 2.57. The molecule has 3 N–H and O–H groups in total. The number of allylic oxidation sites excluding steroid dienone is 1. The maximum Gasteiger partial charge on any atom is 0.339 e. The maximum atomic E-state index is 15.4. The molecular formula is C27H25BrFN3O4. The Balaban J connectivity index is 1.93. The van der Waals surface area contributed by atoms with Crippen molar-refractivity contribution in [1.29, 1.82) is 0 Å². The van der Waals surface area contributed by atoms with Crippen molar-refractivity contribution in [1.82, 2.24) is 0 Å². The Morgan fingerprint density at radius 2 is 1.92 bits per heavy atom. The summed E-state index contributed by atoms with van der Waals surface area (Å²) in [6, 6.07) is 11.3. The summed E-state index contributed by atoms with van der Waals surface area (Å²) in [6.45, 7) is 5.52. The highest BCUT2D eigenvalue weighted by molar-refractivity contribution is 9.10. The summed E-state index contributed by atoms with van der Waals surface area (Å²) in [5.41, 5.74) is 5.73. The van der Waals surface area contributed by atoms with Crippen LogP contribution in [0.4, 0.5) is 15.8 Å². The first-order chi connectivity index (χ1) is 17.0. The van der Waals surface area contributed by atoms with E-state index in [1.807, 2.05) is 13.8 Å². The van der Waals surface area contributed by atoms with Crippen LogP contribution in [-0.4, -0.2) is 24.3 Å². The summed E-state index contributed by atoms with van der Waals surface area (Å²) >= 11 is 3.27. The van der Waals surface area contributed by atoms with Crippen LogP contribution in [0.1, 0.15) is 39.2 Å². The molecule has 1 unspecified atom stereocenters. The highest BCUT2D eigenvalue weighted by Gasteiger charge is 2.63. The van der Waals surface area contributed by atoms with Gasteiger partial charge in [-0.1, -0.05) is 48.0 Å². The minimum atomic E-state index is -1.81. The van der Waals surface area contributed by atoms with Crippen molar-refractivity contribution in [2.75, 3.05) is 16.8 Å². The Hall–Kier alpha value is -3.46. The molecule has 7 nitrogen and oxygen atoms in total. The van der Waals surface area contributed by atoms with Crippen molar-refractivity contribution in [3.63, 3.8) is 0 Å². The lowest BCUT2D eigenvalue weighted by Crippen LogP contribution is -2.54. The normalized spacial score (nSPS) is 22.5. The number of ether oxygens (including phenoxy) is 1. The number of nitrogens with one attached hydrogen (secondary N) is 1. The van der Waals surface area contributed by atoms with Gasteiger partial charge in [0.05, 0.1) is 12.3 Å². The SMILES string of the molecule is CCOC(=O)C1=C(N)N(c2ccc(Br)cc2F)C2=C(C(=O)CC(C)(C)C2)C12C(=O)Nc1ccccc12. The summed E-state index contributed by atoms with van der Waals surface area (Å²) in [5.74, 6) is -2.46. The second-order valence-electron chi connectivity index (χ2n) is 9.92. The van der Waals surface area contributed by atoms with Gasteiger partial charge in [0.25, 0.3) is 0 Å². The fraction of sp³-hybridized carbons (Fsp3) is 0.296. The van der Waals surface area contributed by atoms with Crippen LogP contribution in [0.5, 0.6) is 0 Å². The number of hydrogen-bond donors (Lipinski definition) is 2. The summed E-state index contributed by atoms with van der Waals surface area (Å²) in [4.78, 5) is 42.8. The molecule has 2 aromatic rings. The molecule has 0 aromatic heterocycles. The molecule has 0 fully saturated rings. The molecule has 9 heteroatoms. The van der Waals surface area contributed by atoms with Crippen LogP contribution < -0.4 is 16.0 Å². The third-order valence-electron chi connectivity index (χ3n) is 6.92. The van der Waals surface area contributed by atoms with Crippen molar-refractivity contribution in [3.05, 3.63) is 81.0 Å². The zero-order valence-electron chi connectivity index (χ0n) is 20.1. The van der Waals surface area contributed by atoms with E-state index in [1.165, 1.54) is 17.0 Å². The standard InChI is InChI=1S/C27H25BrFN3O4/c1-4-36-24(34)22-23(30)32(18-10-9-14(28)11-16(18)29)19-12-26(2,3)13-20(33)21(19)27(22)15-7-5-6-8-17(15)31-25(27)35/h5-11H,4,12-13,30H2,1-3H3,(H,31,35). The fourth-order valence-electron chi connectivity index (χ4n) is 5.63. The molecule has 0 bridgehead atoms. The molecule has 5 rings (SSSR count). The zero-order valence-corrected chi connectivity index (χ0v) is 21.7. The van der Waals surface area contributed by atoms with Gasteiger partial charge in [0.15, 0.2) is 5.78 Å². The average Bonchev–Trinajstić information content (AvgIpc) is 3.06. The monoisotopic (exact) mass is 553 g/mol. The number of esters is 1.